The van der Waals surface area contributed by atoms with Gasteiger partial charge in [0.25, 0.3) is 5.91 Å². The molecule has 0 radical (unpaired) electrons. The van der Waals surface area contributed by atoms with Gasteiger partial charge in [-0.05, 0) is 43.5 Å². The van der Waals surface area contributed by atoms with Gasteiger partial charge < -0.3 is 16.4 Å². The molecule has 0 bridgehead atoms. The van der Waals surface area contributed by atoms with Gasteiger partial charge in [-0.25, -0.2) is 0 Å². The number of hydrogen-bond acceptors (Lipinski definition) is 4. The minimum Gasteiger partial charge on any atom is -0.399 e. The van der Waals surface area contributed by atoms with Gasteiger partial charge in [-0.3, -0.25) is 14.5 Å². The minimum absolute atomic E-state index is 0. The first-order chi connectivity index (χ1) is 11.1. The van der Waals surface area contributed by atoms with Crippen molar-refractivity contribution in [2.75, 3.05) is 31.9 Å². The van der Waals surface area contributed by atoms with E-state index in [1.165, 1.54) is 0 Å². The number of carbonyl (C=O) groups excluding carboxylic acids is 2. The Morgan fingerprint density at radius 1 is 1.21 bits per heavy atom. The zero-order valence-electron chi connectivity index (χ0n) is 14.1. The van der Waals surface area contributed by atoms with Crippen LogP contribution in [0.5, 0.6) is 0 Å². The lowest BCUT2D eigenvalue weighted by Crippen LogP contribution is -2.47. The van der Waals surface area contributed by atoms with Gasteiger partial charge in [0.2, 0.25) is 5.91 Å². The molecule has 0 spiro atoms. The fourth-order valence-corrected chi connectivity index (χ4v) is 2.66. The predicted octanol–water partition coefficient (Wildman–Crippen LogP) is 1.41. The average molecular weight is 355 g/mol. The maximum atomic E-state index is 12.2. The SMILES string of the molecule is CCCNC(=O)CN1CCC(NC(=O)c2ccc(N)cc2)CC1.Cl. The number of hydrogen-bond donors (Lipinski definition) is 3. The summed E-state index contributed by atoms with van der Waals surface area (Å²) in [6.45, 7) is 4.86. The van der Waals surface area contributed by atoms with E-state index in [1.807, 2.05) is 6.92 Å². The molecular formula is C17H27ClN4O2. The summed E-state index contributed by atoms with van der Waals surface area (Å²) >= 11 is 0. The highest BCUT2D eigenvalue weighted by molar-refractivity contribution is 5.94. The average Bonchev–Trinajstić information content (AvgIpc) is 2.55. The van der Waals surface area contributed by atoms with E-state index in [2.05, 4.69) is 15.5 Å². The lowest BCUT2D eigenvalue weighted by Gasteiger charge is -2.31. The van der Waals surface area contributed by atoms with Crippen molar-refractivity contribution < 1.29 is 9.59 Å². The number of rotatable bonds is 6. The van der Waals surface area contributed by atoms with Crippen LogP contribution in [0.3, 0.4) is 0 Å². The monoisotopic (exact) mass is 354 g/mol. The molecule has 4 N–H and O–H groups in total. The molecule has 0 aromatic heterocycles. The number of nitrogens with one attached hydrogen (secondary N) is 2. The molecule has 0 aliphatic carbocycles. The molecule has 1 aromatic rings. The summed E-state index contributed by atoms with van der Waals surface area (Å²) in [5, 5.41) is 5.94. The van der Waals surface area contributed by atoms with Crippen LogP contribution < -0.4 is 16.4 Å². The van der Waals surface area contributed by atoms with Crippen LogP contribution >= 0.6 is 12.4 Å². The molecule has 1 aliphatic rings. The van der Waals surface area contributed by atoms with Crippen LogP contribution in [0.4, 0.5) is 5.69 Å². The first kappa shape index (κ1) is 20.3. The van der Waals surface area contributed by atoms with Crippen molar-refractivity contribution in [3.8, 4) is 0 Å². The Balaban J connectivity index is 0.00000288. The molecule has 1 aromatic carbocycles. The third-order valence-electron chi connectivity index (χ3n) is 4.04. The molecule has 7 heteroatoms. The van der Waals surface area contributed by atoms with Crippen molar-refractivity contribution >= 4 is 29.9 Å². The summed E-state index contributed by atoms with van der Waals surface area (Å²) in [5.74, 6) is 0.0142. The molecule has 0 saturated carbocycles. The number of nitrogens with two attached hydrogens (primary N) is 1. The molecule has 24 heavy (non-hydrogen) atoms. The van der Waals surface area contributed by atoms with Crippen LogP contribution in [0.15, 0.2) is 24.3 Å². The third kappa shape index (κ3) is 6.37. The number of carbonyl (C=O) groups is 2. The van der Waals surface area contributed by atoms with Crippen molar-refractivity contribution in [3.63, 3.8) is 0 Å². The Bertz CT molecular complexity index is 528. The lowest BCUT2D eigenvalue weighted by molar-refractivity contribution is -0.122. The van der Waals surface area contributed by atoms with E-state index in [4.69, 9.17) is 5.73 Å². The van der Waals surface area contributed by atoms with Crippen molar-refractivity contribution in [1.29, 1.82) is 0 Å². The number of amides is 2. The molecule has 134 valence electrons. The van der Waals surface area contributed by atoms with Crippen LogP contribution in [-0.2, 0) is 4.79 Å². The van der Waals surface area contributed by atoms with Gasteiger partial charge in [-0.15, -0.1) is 12.4 Å². The normalized spacial score (nSPS) is 15.4. The molecule has 2 rings (SSSR count). The van der Waals surface area contributed by atoms with Crippen LogP contribution in [0, 0.1) is 0 Å². The van der Waals surface area contributed by atoms with Crippen molar-refractivity contribution in [2.45, 2.75) is 32.2 Å². The van der Waals surface area contributed by atoms with Gasteiger partial charge >= 0.3 is 0 Å². The van der Waals surface area contributed by atoms with Gasteiger partial charge in [0.1, 0.15) is 0 Å². The lowest BCUT2D eigenvalue weighted by atomic mass is 10.0. The Morgan fingerprint density at radius 2 is 1.83 bits per heavy atom. The fraction of sp³-hybridized carbons (Fsp3) is 0.529. The maximum absolute atomic E-state index is 12.2. The van der Waals surface area contributed by atoms with Crippen LogP contribution in [0.25, 0.3) is 0 Å². The summed E-state index contributed by atoms with van der Waals surface area (Å²) in [6.07, 6.45) is 2.68. The third-order valence-corrected chi connectivity index (χ3v) is 4.04. The van der Waals surface area contributed by atoms with Crippen LogP contribution in [-0.4, -0.2) is 48.9 Å². The van der Waals surface area contributed by atoms with E-state index in [-0.39, 0.29) is 30.3 Å². The Labute approximate surface area is 149 Å². The molecule has 1 heterocycles. The van der Waals surface area contributed by atoms with Crippen molar-refractivity contribution in [3.05, 3.63) is 29.8 Å². The Morgan fingerprint density at radius 3 is 2.42 bits per heavy atom. The summed E-state index contributed by atoms with van der Waals surface area (Å²) in [4.78, 5) is 26.0. The zero-order valence-corrected chi connectivity index (χ0v) is 14.9. The van der Waals surface area contributed by atoms with Crippen LogP contribution in [0.1, 0.15) is 36.5 Å². The van der Waals surface area contributed by atoms with E-state index in [9.17, 15) is 9.59 Å². The van der Waals surface area contributed by atoms with Gasteiger partial charge in [0.15, 0.2) is 0 Å². The summed E-state index contributed by atoms with van der Waals surface area (Å²) in [6, 6.07) is 7.09. The van der Waals surface area contributed by atoms with Crippen molar-refractivity contribution in [2.24, 2.45) is 0 Å². The van der Waals surface area contributed by atoms with Crippen LogP contribution in [0.2, 0.25) is 0 Å². The number of likely N-dealkylation sites (tertiary alicyclic amines) is 1. The zero-order chi connectivity index (χ0) is 16.7. The van der Waals surface area contributed by atoms with Crippen molar-refractivity contribution in [1.82, 2.24) is 15.5 Å². The first-order valence-corrected chi connectivity index (χ1v) is 8.24. The molecule has 0 atom stereocenters. The number of anilines is 1. The Hall–Kier alpha value is -1.79. The van der Waals surface area contributed by atoms with Gasteiger partial charge in [0, 0.05) is 36.9 Å². The molecule has 1 saturated heterocycles. The number of benzene rings is 1. The van der Waals surface area contributed by atoms with E-state index in [1.54, 1.807) is 24.3 Å². The second kappa shape index (κ2) is 10.2. The molecule has 2 amide bonds. The highest BCUT2D eigenvalue weighted by Crippen LogP contribution is 2.12. The largest absolute Gasteiger partial charge is 0.399 e. The summed E-state index contributed by atoms with van der Waals surface area (Å²) < 4.78 is 0. The summed E-state index contributed by atoms with van der Waals surface area (Å²) in [7, 11) is 0. The standard InChI is InChI=1S/C17H26N4O2.ClH/c1-2-9-19-16(22)12-21-10-7-15(8-11-21)20-17(23)13-3-5-14(18)6-4-13;/h3-6,15H,2,7-12,18H2,1H3,(H,19,22)(H,20,23);1H. The minimum atomic E-state index is -0.0656. The van der Waals surface area contributed by atoms with E-state index in [0.29, 0.717) is 17.8 Å². The maximum Gasteiger partial charge on any atom is 0.251 e. The molecule has 1 aliphatic heterocycles. The Kier molecular flexibility index (Phi) is 8.57. The topological polar surface area (TPSA) is 87.5 Å². The number of nitrogens with zero attached hydrogens (tertiary/aromatic N) is 1. The quantitative estimate of drug-likeness (QED) is 0.674. The second-order valence-electron chi connectivity index (χ2n) is 6.00. The number of halogens is 1. The highest BCUT2D eigenvalue weighted by atomic mass is 35.5. The first-order valence-electron chi connectivity index (χ1n) is 8.24. The fourth-order valence-electron chi connectivity index (χ4n) is 2.66. The van der Waals surface area contributed by atoms with E-state index < -0.39 is 0 Å². The van der Waals surface area contributed by atoms with E-state index in [0.717, 1.165) is 38.9 Å². The molecule has 6 nitrogen and oxygen atoms in total. The van der Waals surface area contributed by atoms with E-state index >= 15 is 0 Å². The smallest absolute Gasteiger partial charge is 0.251 e. The predicted molar refractivity (Wildman–Crippen MR) is 98.3 cm³/mol. The second-order valence-corrected chi connectivity index (χ2v) is 6.00. The molecular weight excluding hydrogens is 328 g/mol. The summed E-state index contributed by atoms with van der Waals surface area (Å²) in [5.41, 5.74) is 6.90. The highest BCUT2D eigenvalue weighted by Gasteiger charge is 2.22. The number of nitrogen functional groups attached to an aromatic ring is 1. The van der Waals surface area contributed by atoms with Gasteiger partial charge in [0.05, 0.1) is 6.54 Å². The van der Waals surface area contributed by atoms with Gasteiger partial charge in [-0.2, -0.15) is 0 Å². The van der Waals surface area contributed by atoms with Gasteiger partial charge in [-0.1, -0.05) is 6.92 Å². The number of piperidine rings is 1. The molecule has 0 unspecified atom stereocenters. The molecule has 1 fully saturated rings.